The Morgan fingerprint density at radius 2 is 2.17 bits per heavy atom. The van der Waals surface area contributed by atoms with Crippen molar-refractivity contribution in [3.05, 3.63) is 48.0 Å². The van der Waals surface area contributed by atoms with Gasteiger partial charge in [-0.2, -0.15) is 0 Å². The fourth-order valence-electron chi connectivity index (χ4n) is 4.27. The lowest BCUT2D eigenvalue weighted by Crippen LogP contribution is -2.40. The molecule has 0 saturated carbocycles. The first-order valence-electron chi connectivity index (χ1n) is 8.46. The molecule has 5 atom stereocenters. The predicted octanol–water partition coefficient (Wildman–Crippen LogP) is 2.09. The number of hydrogen-bond acceptors (Lipinski definition) is 4. The van der Waals surface area contributed by atoms with Gasteiger partial charge in [0.15, 0.2) is 0 Å². The second-order valence-corrected chi connectivity index (χ2v) is 6.70. The zero-order valence-corrected chi connectivity index (χ0v) is 13.8. The molecule has 126 valence electrons. The molecule has 5 nitrogen and oxygen atoms in total. The zero-order chi connectivity index (χ0) is 16.9. The Kier molecular flexibility index (Phi) is 3.49. The van der Waals surface area contributed by atoms with E-state index in [9.17, 15) is 9.59 Å². The van der Waals surface area contributed by atoms with Crippen LogP contribution in [0, 0.1) is 11.8 Å². The molecular weight excluding hydrogens is 306 g/mol. The lowest BCUT2D eigenvalue weighted by Gasteiger charge is -2.27. The van der Waals surface area contributed by atoms with E-state index >= 15 is 0 Å². The Morgan fingerprint density at radius 1 is 1.42 bits per heavy atom. The van der Waals surface area contributed by atoms with Crippen molar-refractivity contribution in [3.63, 3.8) is 0 Å². The van der Waals surface area contributed by atoms with Crippen LogP contribution in [0.2, 0.25) is 0 Å². The van der Waals surface area contributed by atoms with Crippen LogP contribution in [0.4, 0.5) is 0 Å². The fourth-order valence-corrected chi connectivity index (χ4v) is 4.27. The van der Waals surface area contributed by atoms with E-state index in [4.69, 9.17) is 9.47 Å². The van der Waals surface area contributed by atoms with Crippen LogP contribution in [0.1, 0.15) is 25.5 Å². The number of carbonyl (C=O) groups excluding carboxylic acids is 2. The summed E-state index contributed by atoms with van der Waals surface area (Å²) in [6, 6.07) is 9.86. The van der Waals surface area contributed by atoms with Gasteiger partial charge in [-0.15, -0.1) is 0 Å². The Morgan fingerprint density at radius 3 is 2.88 bits per heavy atom. The van der Waals surface area contributed by atoms with Crippen molar-refractivity contribution >= 4 is 11.9 Å². The Hall–Kier alpha value is -2.14. The van der Waals surface area contributed by atoms with E-state index in [1.54, 1.807) is 6.92 Å². The number of benzene rings is 1. The van der Waals surface area contributed by atoms with E-state index in [2.05, 4.69) is 0 Å². The fraction of sp³-hybridized carbons (Fsp3) is 0.474. The van der Waals surface area contributed by atoms with Gasteiger partial charge < -0.3 is 14.4 Å². The molecule has 0 aromatic heterocycles. The highest BCUT2D eigenvalue weighted by atomic mass is 16.6. The van der Waals surface area contributed by atoms with Crippen LogP contribution in [0.3, 0.4) is 0 Å². The normalized spacial score (nSPS) is 34.5. The molecule has 24 heavy (non-hydrogen) atoms. The summed E-state index contributed by atoms with van der Waals surface area (Å²) in [6.45, 7) is 4.58. The number of amides is 1. The summed E-state index contributed by atoms with van der Waals surface area (Å²) in [5, 5.41) is 0. The molecule has 2 saturated heterocycles. The molecule has 0 aliphatic carbocycles. The molecule has 3 aliphatic rings. The minimum atomic E-state index is -0.678. The number of nitrogens with zero attached hydrogens (tertiary/aromatic N) is 1. The molecule has 4 rings (SSSR count). The van der Waals surface area contributed by atoms with E-state index in [0.717, 1.165) is 5.56 Å². The predicted molar refractivity (Wildman–Crippen MR) is 86.9 cm³/mol. The average molecular weight is 327 g/mol. The molecule has 0 N–H and O–H groups in total. The number of ether oxygens (including phenoxy) is 2. The van der Waals surface area contributed by atoms with Crippen molar-refractivity contribution in [2.45, 2.75) is 31.6 Å². The van der Waals surface area contributed by atoms with Gasteiger partial charge in [-0.25, -0.2) is 0 Å². The van der Waals surface area contributed by atoms with Crippen LogP contribution in [0.15, 0.2) is 42.5 Å². The molecule has 3 aliphatic heterocycles. The first-order chi connectivity index (χ1) is 11.6. The zero-order valence-electron chi connectivity index (χ0n) is 13.8. The average Bonchev–Trinajstić information content (AvgIpc) is 3.23. The van der Waals surface area contributed by atoms with Gasteiger partial charge >= 0.3 is 5.97 Å². The molecule has 2 fully saturated rings. The van der Waals surface area contributed by atoms with E-state index in [-0.39, 0.29) is 24.0 Å². The first kappa shape index (κ1) is 15.4. The minimum Gasteiger partial charge on any atom is -0.466 e. The van der Waals surface area contributed by atoms with Crippen molar-refractivity contribution in [2.24, 2.45) is 11.8 Å². The summed E-state index contributed by atoms with van der Waals surface area (Å²) in [6.07, 6.45) is 3.53. The summed E-state index contributed by atoms with van der Waals surface area (Å²) in [7, 11) is 0. The molecular formula is C19H21NO4. The number of esters is 1. The van der Waals surface area contributed by atoms with Crippen molar-refractivity contribution in [2.75, 3.05) is 13.2 Å². The van der Waals surface area contributed by atoms with Crippen LogP contribution in [-0.2, 0) is 19.1 Å². The largest absolute Gasteiger partial charge is 0.466 e. The third-order valence-electron chi connectivity index (χ3n) is 5.44. The second-order valence-electron chi connectivity index (χ2n) is 6.70. The van der Waals surface area contributed by atoms with Crippen LogP contribution < -0.4 is 0 Å². The molecule has 0 radical (unpaired) electrons. The molecule has 3 heterocycles. The number of carbonyl (C=O) groups is 2. The van der Waals surface area contributed by atoms with Gasteiger partial charge in [-0.05, 0) is 19.4 Å². The Labute approximate surface area is 141 Å². The van der Waals surface area contributed by atoms with Crippen molar-refractivity contribution in [1.29, 1.82) is 0 Å². The number of rotatable bonds is 4. The lowest BCUT2D eigenvalue weighted by molar-refractivity contribution is -0.153. The second kappa shape index (κ2) is 5.45. The van der Waals surface area contributed by atoms with Crippen LogP contribution in [0.25, 0.3) is 0 Å². The van der Waals surface area contributed by atoms with Gasteiger partial charge in [0.2, 0.25) is 5.91 Å². The van der Waals surface area contributed by atoms with E-state index in [1.165, 1.54) is 0 Å². The van der Waals surface area contributed by atoms with E-state index in [0.29, 0.717) is 13.2 Å². The highest BCUT2D eigenvalue weighted by Crippen LogP contribution is 2.53. The van der Waals surface area contributed by atoms with Gasteiger partial charge in [-0.1, -0.05) is 42.5 Å². The first-order valence-corrected chi connectivity index (χ1v) is 8.46. The summed E-state index contributed by atoms with van der Waals surface area (Å²) in [4.78, 5) is 27.3. The molecule has 1 aromatic carbocycles. The summed E-state index contributed by atoms with van der Waals surface area (Å²) in [5.41, 5.74) is 0.399. The highest BCUT2D eigenvalue weighted by Gasteiger charge is 2.67. The third-order valence-corrected chi connectivity index (χ3v) is 5.44. The molecule has 1 amide bonds. The third kappa shape index (κ3) is 2.04. The van der Waals surface area contributed by atoms with Gasteiger partial charge in [0.05, 0.1) is 31.2 Å². The van der Waals surface area contributed by atoms with Crippen LogP contribution in [-0.4, -0.2) is 41.6 Å². The standard InChI is InChI=1S/C19H21NO4/c1-3-23-18(22)15-14-9-10-19(24-14)11-20(17(21)16(15)19)12(2)13-7-5-4-6-8-13/h4-10,12,14-16H,3,11H2,1-2H3. The monoisotopic (exact) mass is 327 g/mol. The molecule has 5 heteroatoms. The molecule has 1 aromatic rings. The Balaban J connectivity index is 1.64. The highest BCUT2D eigenvalue weighted by molar-refractivity contribution is 5.91. The smallest absolute Gasteiger partial charge is 0.312 e. The van der Waals surface area contributed by atoms with E-state index in [1.807, 2.05) is 54.3 Å². The van der Waals surface area contributed by atoms with Gasteiger partial charge in [0, 0.05) is 0 Å². The topological polar surface area (TPSA) is 55.8 Å². The van der Waals surface area contributed by atoms with Gasteiger partial charge in [0.1, 0.15) is 11.5 Å². The molecule has 1 spiro atoms. The summed E-state index contributed by atoms with van der Waals surface area (Å²) >= 11 is 0. The maximum Gasteiger partial charge on any atom is 0.312 e. The van der Waals surface area contributed by atoms with Crippen LogP contribution in [0.5, 0.6) is 0 Å². The minimum absolute atomic E-state index is 0.0174. The maximum atomic E-state index is 13.1. The quantitative estimate of drug-likeness (QED) is 0.628. The van der Waals surface area contributed by atoms with Gasteiger partial charge in [0.25, 0.3) is 0 Å². The number of likely N-dealkylation sites (tertiary alicyclic amines) is 1. The van der Waals surface area contributed by atoms with E-state index < -0.39 is 17.4 Å². The SMILES string of the molecule is CCOC(=O)C1C2C=CC3(CN(C(C)c4ccccc4)C(=O)C13)O2. The Bertz CT molecular complexity index is 701. The van der Waals surface area contributed by atoms with Crippen molar-refractivity contribution < 1.29 is 19.1 Å². The molecule has 2 bridgehead atoms. The lowest BCUT2D eigenvalue weighted by atomic mass is 9.77. The summed E-state index contributed by atoms with van der Waals surface area (Å²) in [5.74, 6) is -1.36. The van der Waals surface area contributed by atoms with Crippen molar-refractivity contribution in [3.8, 4) is 0 Å². The summed E-state index contributed by atoms with van der Waals surface area (Å²) < 4.78 is 11.3. The van der Waals surface area contributed by atoms with Gasteiger partial charge in [-0.3, -0.25) is 9.59 Å². The number of fused-ring (bicyclic) bond motifs is 1. The number of hydrogen-bond donors (Lipinski definition) is 0. The molecule has 5 unspecified atom stereocenters. The van der Waals surface area contributed by atoms with Crippen LogP contribution >= 0.6 is 0 Å². The maximum absolute atomic E-state index is 13.1. The van der Waals surface area contributed by atoms with Crippen molar-refractivity contribution in [1.82, 2.24) is 4.90 Å².